The van der Waals surface area contributed by atoms with Crippen LogP contribution in [0, 0.1) is 0 Å². The minimum Gasteiger partial charge on any atom is -0.508 e. The highest BCUT2D eigenvalue weighted by molar-refractivity contribution is 8.08. The lowest BCUT2D eigenvalue weighted by Gasteiger charge is -2.07. The number of fused-ring (bicyclic) bond motifs is 2. The van der Waals surface area contributed by atoms with Crippen molar-refractivity contribution in [1.82, 2.24) is 0 Å². The first-order chi connectivity index (χ1) is 14.5. The number of phenolic OH excluding ortho intramolecular Hbond substituents is 2. The molecular weight excluding hydrogens is 452 g/mol. The predicted octanol–water partition coefficient (Wildman–Crippen LogP) is 1.52. The summed E-state index contributed by atoms with van der Waals surface area (Å²) in [5.41, 5.74) is -2.83. The van der Waals surface area contributed by atoms with Crippen LogP contribution in [0.4, 0.5) is 0 Å². The monoisotopic (exact) mass is 464 g/mol. The summed E-state index contributed by atoms with van der Waals surface area (Å²) in [6, 6.07) is 9.09. The molecule has 0 spiro atoms. The average Bonchev–Trinajstić information content (AvgIpc) is 2.65. The molecule has 0 amide bonds. The van der Waals surface area contributed by atoms with Crippen molar-refractivity contribution >= 4 is 41.6 Å². The van der Waals surface area contributed by atoms with E-state index in [0.717, 1.165) is 24.3 Å². The van der Waals surface area contributed by atoms with E-state index in [4.69, 9.17) is 8.83 Å². The standard InChI is InChI=1S/C19H12O10S2/c20-12-3-1-10-5-16(18(22)28-14(10)7-12)30(24,25)9-31(26,27)17-6-11-2-4-13(21)8-15(11)29-19(17)23/h1-8,20-21H,9H2. The van der Waals surface area contributed by atoms with Crippen LogP contribution in [-0.2, 0) is 19.7 Å². The molecule has 0 aliphatic heterocycles. The molecule has 4 rings (SSSR count). The van der Waals surface area contributed by atoms with Crippen LogP contribution in [0.25, 0.3) is 21.9 Å². The van der Waals surface area contributed by atoms with Crippen LogP contribution in [0.15, 0.2) is 76.7 Å². The second kappa shape index (κ2) is 6.96. The van der Waals surface area contributed by atoms with Gasteiger partial charge in [-0.1, -0.05) is 0 Å². The van der Waals surface area contributed by atoms with Gasteiger partial charge in [-0.2, -0.15) is 0 Å². The largest absolute Gasteiger partial charge is 0.508 e. The van der Waals surface area contributed by atoms with Gasteiger partial charge in [-0.3, -0.25) is 0 Å². The number of phenols is 2. The van der Waals surface area contributed by atoms with Crippen molar-refractivity contribution in [3.63, 3.8) is 0 Å². The number of rotatable bonds is 4. The third-order valence-corrected chi connectivity index (χ3v) is 8.75. The van der Waals surface area contributed by atoms with Crippen LogP contribution in [0.3, 0.4) is 0 Å². The Bertz CT molecular complexity index is 1570. The lowest BCUT2D eigenvalue weighted by atomic mass is 10.2. The molecule has 4 aromatic rings. The third-order valence-electron chi connectivity index (χ3n) is 4.36. The summed E-state index contributed by atoms with van der Waals surface area (Å²) >= 11 is 0. The molecule has 160 valence electrons. The highest BCUT2D eigenvalue weighted by Gasteiger charge is 2.31. The van der Waals surface area contributed by atoms with E-state index >= 15 is 0 Å². The SMILES string of the molecule is O=c1oc2cc(O)ccc2cc1S(=O)(=O)CS(=O)(=O)c1cc2ccc(O)cc2oc1=O. The normalized spacial score (nSPS) is 12.4. The fourth-order valence-corrected chi connectivity index (χ4v) is 6.78. The Morgan fingerprint density at radius 2 is 1.03 bits per heavy atom. The number of hydrogen-bond acceptors (Lipinski definition) is 10. The van der Waals surface area contributed by atoms with Crippen LogP contribution >= 0.6 is 0 Å². The molecule has 0 atom stereocenters. The van der Waals surface area contributed by atoms with E-state index < -0.39 is 45.8 Å². The molecule has 10 nitrogen and oxygen atoms in total. The van der Waals surface area contributed by atoms with Crippen molar-refractivity contribution in [3.05, 3.63) is 69.4 Å². The molecular formula is C19H12O10S2. The van der Waals surface area contributed by atoms with Crippen molar-refractivity contribution in [2.24, 2.45) is 0 Å². The number of hydrogen-bond donors (Lipinski definition) is 2. The first-order valence-electron chi connectivity index (χ1n) is 8.45. The van der Waals surface area contributed by atoms with Crippen molar-refractivity contribution in [2.75, 3.05) is 5.08 Å². The molecule has 0 aliphatic carbocycles. The summed E-state index contributed by atoms with van der Waals surface area (Å²) in [4.78, 5) is 22.5. The Hall–Kier alpha value is -3.64. The highest BCUT2D eigenvalue weighted by atomic mass is 32.3. The van der Waals surface area contributed by atoms with Gasteiger partial charge in [0.25, 0.3) is 0 Å². The molecule has 0 saturated carbocycles. The van der Waals surface area contributed by atoms with Gasteiger partial charge >= 0.3 is 11.3 Å². The molecule has 2 aromatic carbocycles. The average molecular weight is 464 g/mol. The molecule has 0 fully saturated rings. The molecule has 2 heterocycles. The van der Waals surface area contributed by atoms with Crippen LogP contribution in [0.2, 0.25) is 0 Å². The summed E-state index contributed by atoms with van der Waals surface area (Å²) in [5, 5.41) is 17.6. The van der Waals surface area contributed by atoms with Gasteiger partial charge in [-0.15, -0.1) is 0 Å². The highest BCUT2D eigenvalue weighted by Crippen LogP contribution is 2.24. The van der Waals surface area contributed by atoms with Gasteiger partial charge in [0.2, 0.25) is 0 Å². The molecule has 2 N–H and O–H groups in total. The fourth-order valence-electron chi connectivity index (χ4n) is 2.93. The van der Waals surface area contributed by atoms with Crippen LogP contribution in [-0.4, -0.2) is 32.1 Å². The number of benzene rings is 2. The zero-order chi connectivity index (χ0) is 22.6. The minimum atomic E-state index is -4.75. The van der Waals surface area contributed by atoms with E-state index in [9.17, 15) is 36.6 Å². The molecule has 0 bridgehead atoms. The minimum absolute atomic E-state index is 0.0924. The third kappa shape index (κ3) is 3.78. The van der Waals surface area contributed by atoms with E-state index in [-0.39, 0.29) is 33.4 Å². The van der Waals surface area contributed by atoms with Crippen LogP contribution < -0.4 is 11.3 Å². The second-order valence-electron chi connectivity index (χ2n) is 6.59. The molecule has 0 aliphatic rings. The Morgan fingerprint density at radius 3 is 1.42 bits per heavy atom. The van der Waals surface area contributed by atoms with Crippen molar-refractivity contribution in [1.29, 1.82) is 0 Å². The maximum atomic E-state index is 12.7. The summed E-state index contributed by atoms with van der Waals surface area (Å²) in [5.74, 6) is -0.435. The van der Waals surface area contributed by atoms with Gasteiger partial charge in [-0.25, -0.2) is 26.4 Å². The summed E-state index contributed by atoms with van der Waals surface area (Å²) in [6.07, 6.45) is 0. The maximum absolute atomic E-state index is 12.7. The van der Waals surface area contributed by atoms with Crippen LogP contribution in [0.1, 0.15) is 0 Å². The Balaban J connectivity index is 1.81. The van der Waals surface area contributed by atoms with Crippen molar-refractivity contribution in [3.8, 4) is 11.5 Å². The van der Waals surface area contributed by atoms with Gasteiger partial charge < -0.3 is 19.0 Å². The van der Waals surface area contributed by atoms with Crippen molar-refractivity contribution < 1.29 is 35.9 Å². The number of sulfone groups is 2. The van der Waals surface area contributed by atoms with Gasteiger partial charge in [0.1, 0.15) is 22.7 Å². The van der Waals surface area contributed by atoms with Crippen molar-refractivity contribution in [2.45, 2.75) is 9.79 Å². The molecule has 0 unspecified atom stereocenters. The second-order valence-corrected chi connectivity index (χ2v) is 10.9. The van der Waals surface area contributed by atoms with E-state index in [1.807, 2.05) is 0 Å². The lowest BCUT2D eigenvalue weighted by Crippen LogP contribution is -2.25. The zero-order valence-electron chi connectivity index (χ0n) is 15.3. The predicted molar refractivity (Wildman–Crippen MR) is 108 cm³/mol. The quantitative estimate of drug-likeness (QED) is 0.422. The maximum Gasteiger partial charge on any atom is 0.355 e. The summed E-state index contributed by atoms with van der Waals surface area (Å²) in [7, 11) is -9.50. The topological polar surface area (TPSA) is 169 Å². The molecule has 0 radical (unpaired) electrons. The molecule has 0 saturated heterocycles. The van der Waals surface area contributed by atoms with Crippen LogP contribution in [0.5, 0.6) is 11.5 Å². The Morgan fingerprint density at radius 1 is 0.645 bits per heavy atom. The lowest BCUT2D eigenvalue weighted by molar-refractivity contribution is 0.471. The first-order valence-corrected chi connectivity index (χ1v) is 11.8. The Kier molecular flexibility index (Phi) is 4.63. The van der Waals surface area contributed by atoms with E-state index in [1.54, 1.807) is 0 Å². The zero-order valence-corrected chi connectivity index (χ0v) is 16.9. The van der Waals surface area contributed by atoms with Gasteiger partial charge in [0, 0.05) is 22.9 Å². The van der Waals surface area contributed by atoms with E-state index in [1.165, 1.54) is 24.3 Å². The van der Waals surface area contributed by atoms with Gasteiger partial charge in [0.05, 0.1) is 0 Å². The van der Waals surface area contributed by atoms with Gasteiger partial charge in [-0.05, 0) is 36.4 Å². The van der Waals surface area contributed by atoms with E-state index in [0.29, 0.717) is 0 Å². The van der Waals surface area contributed by atoms with E-state index in [2.05, 4.69) is 0 Å². The molecule has 2 aromatic heterocycles. The smallest absolute Gasteiger partial charge is 0.355 e. The van der Waals surface area contributed by atoms with Gasteiger partial charge in [0.15, 0.2) is 34.6 Å². The molecule has 31 heavy (non-hydrogen) atoms. The summed E-state index contributed by atoms with van der Waals surface area (Å²) in [6.45, 7) is 0. The molecule has 12 heteroatoms. The Labute approximate surface area is 173 Å². The number of aromatic hydroxyl groups is 2. The fraction of sp³-hybridized carbons (Fsp3) is 0.0526. The first kappa shape index (κ1) is 20.6. The summed E-state index contributed by atoms with van der Waals surface area (Å²) < 4.78 is 60.6.